The van der Waals surface area contributed by atoms with Crippen LogP contribution >= 0.6 is 0 Å². The molecule has 1 aliphatic rings. The topological polar surface area (TPSA) is 102 Å². The predicted octanol–water partition coefficient (Wildman–Crippen LogP) is 1.97. The summed E-state index contributed by atoms with van der Waals surface area (Å²) in [6.07, 6.45) is 3.46. The van der Waals surface area contributed by atoms with Crippen LogP contribution in [-0.4, -0.2) is 73.5 Å². The van der Waals surface area contributed by atoms with E-state index >= 15 is 0 Å². The number of ether oxygens (including phenoxy) is 1. The van der Waals surface area contributed by atoms with Gasteiger partial charge in [-0.2, -0.15) is 4.98 Å². The molecule has 29 heavy (non-hydrogen) atoms. The Labute approximate surface area is 172 Å². The first-order valence-electron chi connectivity index (χ1n) is 9.85. The molecule has 0 aromatic carbocycles. The smallest absolute Gasteiger partial charge is 0.324 e. The number of anilines is 1. The number of hydrogen-bond acceptors (Lipinski definition) is 9. The first-order chi connectivity index (χ1) is 13.7. The molecule has 0 bridgehead atoms. The Morgan fingerprint density at radius 2 is 1.90 bits per heavy atom. The highest BCUT2D eigenvalue weighted by Gasteiger charge is 2.24. The van der Waals surface area contributed by atoms with E-state index in [1.807, 2.05) is 13.8 Å². The van der Waals surface area contributed by atoms with Gasteiger partial charge in [0.2, 0.25) is 0 Å². The van der Waals surface area contributed by atoms with Crippen molar-refractivity contribution < 1.29 is 17.7 Å². The monoisotopic (exact) mass is 423 g/mol. The van der Waals surface area contributed by atoms with Gasteiger partial charge >= 0.3 is 6.01 Å². The Hall–Kier alpha value is -2.20. The van der Waals surface area contributed by atoms with Crippen LogP contribution in [0.4, 0.5) is 6.01 Å². The van der Waals surface area contributed by atoms with Crippen LogP contribution in [0.15, 0.2) is 27.9 Å². The lowest BCUT2D eigenvalue weighted by Gasteiger charge is -2.37. The molecule has 1 fully saturated rings. The number of hydrogen-bond donors (Lipinski definition) is 0. The Kier molecular flexibility index (Phi) is 6.74. The third-order valence-electron chi connectivity index (χ3n) is 5.05. The maximum absolute atomic E-state index is 11.4. The van der Waals surface area contributed by atoms with Crippen molar-refractivity contribution in [2.45, 2.75) is 44.2 Å². The van der Waals surface area contributed by atoms with E-state index in [9.17, 15) is 8.42 Å². The van der Waals surface area contributed by atoms with E-state index in [-0.39, 0.29) is 10.9 Å². The number of aromatic nitrogens is 3. The molecule has 1 unspecified atom stereocenters. The Morgan fingerprint density at radius 1 is 1.17 bits per heavy atom. The molecule has 3 heterocycles. The summed E-state index contributed by atoms with van der Waals surface area (Å²) in [6, 6.07) is 4.08. The highest BCUT2D eigenvalue weighted by atomic mass is 32.2. The molecule has 1 saturated heterocycles. The van der Waals surface area contributed by atoms with Crippen LogP contribution in [0.3, 0.4) is 0 Å². The second-order valence-electron chi connectivity index (χ2n) is 7.70. The van der Waals surface area contributed by atoms with E-state index in [1.54, 1.807) is 6.07 Å². The van der Waals surface area contributed by atoms with E-state index in [0.717, 1.165) is 44.7 Å². The molecule has 0 spiro atoms. The van der Waals surface area contributed by atoms with Crippen molar-refractivity contribution in [1.29, 1.82) is 0 Å². The third kappa shape index (κ3) is 5.66. The van der Waals surface area contributed by atoms with Crippen LogP contribution in [0.2, 0.25) is 0 Å². The van der Waals surface area contributed by atoms with Gasteiger partial charge in [0.25, 0.3) is 0 Å². The number of piperazine rings is 1. The van der Waals surface area contributed by atoms with E-state index < -0.39 is 9.84 Å². The van der Waals surface area contributed by atoms with Gasteiger partial charge in [0.05, 0.1) is 12.8 Å². The Bertz CT molecular complexity index is 890. The second-order valence-corrected chi connectivity index (χ2v) is 9.67. The molecule has 10 heteroatoms. The van der Waals surface area contributed by atoms with Crippen molar-refractivity contribution in [2.75, 3.05) is 43.9 Å². The minimum Gasteiger partial charge on any atom is -0.492 e. The normalized spacial score (nSPS) is 16.9. The second kappa shape index (κ2) is 9.08. The summed E-state index contributed by atoms with van der Waals surface area (Å²) in [4.78, 5) is 13.0. The lowest BCUT2D eigenvalue weighted by molar-refractivity contribution is 0.163. The van der Waals surface area contributed by atoms with Gasteiger partial charge in [-0.1, -0.05) is 19.0 Å². The number of rotatable bonds is 8. The summed E-state index contributed by atoms with van der Waals surface area (Å²) in [5, 5.41) is 4.09. The molecular formula is C19H29N5O4S. The molecule has 0 N–H and O–H groups in total. The molecule has 1 atom stereocenters. The maximum atomic E-state index is 11.4. The van der Waals surface area contributed by atoms with Crippen LogP contribution in [0.25, 0.3) is 0 Å². The summed E-state index contributed by atoms with van der Waals surface area (Å²) >= 11 is 0. The first kappa shape index (κ1) is 21.5. The van der Waals surface area contributed by atoms with Crippen molar-refractivity contribution >= 4 is 15.9 Å². The van der Waals surface area contributed by atoms with Gasteiger partial charge in [-0.3, -0.25) is 4.90 Å². The molecular weight excluding hydrogens is 394 g/mol. The molecule has 160 valence electrons. The highest BCUT2D eigenvalue weighted by Crippen LogP contribution is 2.19. The lowest BCUT2D eigenvalue weighted by Crippen LogP contribution is -2.50. The molecule has 2 aromatic heterocycles. The molecule has 0 aliphatic carbocycles. The van der Waals surface area contributed by atoms with Gasteiger partial charge in [-0.05, 0) is 25.5 Å². The Morgan fingerprint density at radius 3 is 2.45 bits per heavy atom. The predicted molar refractivity (Wildman–Crippen MR) is 109 cm³/mol. The zero-order chi connectivity index (χ0) is 21.0. The van der Waals surface area contributed by atoms with E-state index in [4.69, 9.17) is 9.26 Å². The average Bonchev–Trinajstić information content (AvgIpc) is 3.18. The summed E-state index contributed by atoms with van der Waals surface area (Å²) in [5.41, 5.74) is 0. The zero-order valence-corrected chi connectivity index (χ0v) is 18.2. The minimum atomic E-state index is -3.29. The molecule has 3 rings (SSSR count). The molecule has 0 radical (unpaired) electrons. The van der Waals surface area contributed by atoms with Gasteiger partial charge in [-0.15, -0.1) is 0 Å². The number of sulfone groups is 1. The van der Waals surface area contributed by atoms with Crippen molar-refractivity contribution in [3.05, 3.63) is 24.2 Å². The van der Waals surface area contributed by atoms with Gasteiger partial charge in [0, 0.05) is 44.4 Å². The molecule has 0 saturated carbocycles. The van der Waals surface area contributed by atoms with Gasteiger partial charge in [0.1, 0.15) is 5.75 Å². The standard InChI is InChI=1S/C19H29N5O4S/c1-14(2)18-21-19(28-22-18)24-10-8-23(9-11-24)15(3)7-12-27-16-5-6-17(20-13-16)29(4,25)26/h5-6,13-15H,7-12H2,1-4H3. The van der Waals surface area contributed by atoms with Gasteiger partial charge < -0.3 is 14.2 Å². The van der Waals surface area contributed by atoms with Crippen molar-refractivity contribution in [2.24, 2.45) is 0 Å². The average molecular weight is 424 g/mol. The van der Waals surface area contributed by atoms with Crippen LogP contribution < -0.4 is 9.64 Å². The number of pyridine rings is 1. The Balaban J connectivity index is 1.42. The molecule has 9 nitrogen and oxygen atoms in total. The van der Waals surface area contributed by atoms with Gasteiger partial charge in [0.15, 0.2) is 20.7 Å². The van der Waals surface area contributed by atoms with Crippen LogP contribution in [-0.2, 0) is 9.84 Å². The molecule has 2 aromatic rings. The van der Waals surface area contributed by atoms with Crippen LogP contribution in [0.1, 0.15) is 38.9 Å². The zero-order valence-electron chi connectivity index (χ0n) is 17.4. The van der Waals surface area contributed by atoms with Crippen LogP contribution in [0.5, 0.6) is 5.75 Å². The summed E-state index contributed by atoms with van der Waals surface area (Å²) in [6.45, 7) is 10.4. The first-order valence-corrected chi connectivity index (χ1v) is 11.7. The fourth-order valence-corrected chi connectivity index (χ4v) is 3.70. The third-order valence-corrected chi connectivity index (χ3v) is 6.05. The van der Waals surface area contributed by atoms with Crippen molar-refractivity contribution in [3.8, 4) is 5.75 Å². The maximum Gasteiger partial charge on any atom is 0.324 e. The summed E-state index contributed by atoms with van der Waals surface area (Å²) in [5.74, 6) is 1.57. The van der Waals surface area contributed by atoms with E-state index in [2.05, 4.69) is 31.8 Å². The van der Waals surface area contributed by atoms with E-state index in [0.29, 0.717) is 24.4 Å². The van der Waals surface area contributed by atoms with Crippen molar-refractivity contribution in [1.82, 2.24) is 20.0 Å². The highest BCUT2D eigenvalue weighted by molar-refractivity contribution is 7.90. The lowest BCUT2D eigenvalue weighted by atomic mass is 10.2. The molecule has 1 aliphatic heterocycles. The SMILES string of the molecule is CC(C)c1noc(N2CCN(C(C)CCOc3ccc(S(C)(=O)=O)nc3)CC2)n1. The fourth-order valence-electron chi connectivity index (χ4n) is 3.14. The van der Waals surface area contributed by atoms with E-state index in [1.165, 1.54) is 12.3 Å². The van der Waals surface area contributed by atoms with Crippen molar-refractivity contribution in [3.63, 3.8) is 0 Å². The number of nitrogens with zero attached hydrogens (tertiary/aromatic N) is 5. The van der Waals surface area contributed by atoms with Crippen LogP contribution in [0, 0.1) is 0 Å². The summed E-state index contributed by atoms with van der Waals surface area (Å²) in [7, 11) is -3.29. The minimum absolute atomic E-state index is 0.0536. The van der Waals surface area contributed by atoms with Gasteiger partial charge in [-0.25, -0.2) is 13.4 Å². The summed E-state index contributed by atoms with van der Waals surface area (Å²) < 4.78 is 34.0. The fraction of sp³-hybridized carbons (Fsp3) is 0.632. The molecule has 0 amide bonds. The largest absolute Gasteiger partial charge is 0.492 e. The quantitative estimate of drug-likeness (QED) is 0.630.